The second kappa shape index (κ2) is 8.55. The minimum absolute atomic E-state index is 0.208. The van der Waals surface area contributed by atoms with Gasteiger partial charge in [0.05, 0.1) is 0 Å². The zero-order valence-electron chi connectivity index (χ0n) is 8.52. The van der Waals surface area contributed by atoms with E-state index in [9.17, 15) is 9.59 Å². The fourth-order valence-electron chi connectivity index (χ4n) is 0.939. The Kier molecular flexibility index (Phi) is 8.12. The Morgan fingerprint density at radius 3 is 2.40 bits per heavy atom. The van der Waals surface area contributed by atoms with Gasteiger partial charge in [0.2, 0.25) is 0 Å². The molecule has 15 heavy (non-hydrogen) atoms. The van der Waals surface area contributed by atoms with E-state index < -0.39 is 18.0 Å². The van der Waals surface area contributed by atoms with Crippen molar-refractivity contribution >= 4 is 23.7 Å². The third-order valence-electron chi connectivity index (χ3n) is 1.79. The highest BCUT2D eigenvalue weighted by molar-refractivity contribution is 7.99. The molecule has 0 aromatic heterocycles. The van der Waals surface area contributed by atoms with Crippen LogP contribution < -0.4 is 5.73 Å². The Hall–Kier alpha value is -0.750. The summed E-state index contributed by atoms with van der Waals surface area (Å²) in [5.74, 6) is -0.501. The summed E-state index contributed by atoms with van der Waals surface area (Å²) in [4.78, 5) is 20.5. The first-order valence-corrected chi connectivity index (χ1v) is 5.97. The summed E-state index contributed by atoms with van der Waals surface area (Å²) < 4.78 is 0. The molecule has 0 fully saturated rings. The summed E-state index contributed by atoms with van der Waals surface area (Å²) in [5, 5.41) is 16.8. The molecule has 4 N–H and O–H groups in total. The zero-order chi connectivity index (χ0) is 11.7. The number of rotatable bonds is 9. The van der Waals surface area contributed by atoms with Crippen molar-refractivity contribution in [1.29, 1.82) is 0 Å². The Morgan fingerprint density at radius 2 is 1.87 bits per heavy atom. The molecule has 0 heterocycles. The van der Waals surface area contributed by atoms with Gasteiger partial charge in [-0.15, -0.1) is 0 Å². The molecule has 0 aliphatic rings. The molecular weight excluding hydrogens is 218 g/mol. The van der Waals surface area contributed by atoms with Crippen molar-refractivity contribution in [3.8, 4) is 0 Å². The van der Waals surface area contributed by atoms with Gasteiger partial charge in [0.15, 0.2) is 0 Å². The lowest BCUT2D eigenvalue weighted by Gasteiger charge is -2.05. The first kappa shape index (κ1) is 14.2. The summed E-state index contributed by atoms with van der Waals surface area (Å²) in [7, 11) is 0. The second-order valence-corrected chi connectivity index (χ2v) is 4.37. The van der Waals surface area contributed by atoms with Crippen molar-refractivity contribution < 1.29 is 19.8 Å². The van der Waals surface area contributed by atoms with Crippen LogP contribution in [0.1, 0.15) is 25.7 Å². The van der Waals surface area contributed by atoms with Crippen LogP contribution >= 0.6 is 11.8 Å². The maximum atomic E-state index is 10.3. The third-order valence-corrected chi connectivity index (χ3v) is 2.97. The Balaban J connectivity index is 3.18. The molecule has 0 aliphatic heterocycles. The fourth-order valence-corrected chi connectivity index (χ4v) is 1.91. The van der Waals surface area contributed by atoms with Crippen LogP contribution in [0.5, 0.6) is 0 Å². The van der Waals surface area contributed by atoms with E-state index in [4.69, 9.17) is 15.9 Å². The lowest BCUT2D eigenvalue weighted by Crippen LogP contribution is -2.32. The Labute approximate surface area is 93.0 Å². The smallest absolute Gasteiger partial charge is 0.321 e. The van der Waals surface area contributed by atoms with Crippen LogP contribution in [0.2, 0.25) is 0 Å². The van der Waals surface area contributed by atoms with Gasteiger partial charge in [-0.05, 0) is 18.6 Å². The van der Waals surface area contributed by atoms with Gasteiger partial charge in [-0.3, -0.25) is 9.59 Å². The van der Waals surface area contributed by atoms with Crippen LogP contribution in [-0.4, -0.2) is 39.7 Å². The quantitative estimate of drug-likeness (QED) is 0.510. The molecule has 0 spiro atoms. The van der Waals surface area contributed by atoms with Crippen molar-refractivity contribution in [3.63, 3.8) is 0 Å². The van der Waals surface area contributed by atoms with Crippen LogP contribution in [-0.2, 0) is 9.59 Å². The van der Waals surface area contributed by atoms with Gasteiger partial charge in [0.25, 0.3) is 0 Å². The number of carbonyl (C=O) groups is 2. The molecule has 0 aromatic rings. The molecule has 0 aromatic carbocycles. The van der Waals surface area contributed by atoms with Crippen molar-refractivity contribution in [2.24, 2.45) is 5.73 Å². The highest BCUT2D eigenvalue weighted by atomic mass is 32.2. The highest BCUT2D eigenvalue weighted by Crippen LogP contribution is 2.08. The summed E-state index contributed by atoms with van der Waals surface area (Å²) >= 11 is 1.50. The molecule has 88 valence electrons. The van der Waals surface area contributed by atoms with Crippen LogP contribution in [0.15, 0.2) is 0 Å². The number of aliphatic carboxylic acids is 2. The Morgan fingerprint density at radius 1 is 1.20 bits per heavy atom. The summed E-state index contributed by atoms with van der Waals surface area (Å²) in [6, 6.07) is -0.797. The molecule has 0 rings (SSSR count). The van der Waals surface area contributed by atoms with E-state index in [1.165, 1.54) is 11.8 Å². The van der Waals surface area contributed by atoms with Gasteiger partial charge in [-0.1, -0.05) is 6.42 Å². The van der Waals surface area contributed by atoms with E-state index in [2.05, 4.69) is 0 Å². The fraction of sp³-hybridized carbons (Fsp3) is 0.778. The van der Waals surface area contributed by atoms with Gasteiger partial charge in [0, 0.05) is 12.2 Å². The first-order valence-electron chi connectivity index (χ1n) is 4.82. The van der Waals surface area contributed by atoms with Gasteiger partial charge >= 0.3 is 11.9 Å². The molecule has 0 saturated heterocycles. The molecule has 6 heteroatoms. The van der Waals surface area contributed by atoms with E-state index in [1.807, 2.05) is 0 Å². The zero-order valence-corrected chi connectivity index (χ0v) is 9.33. The van der Waals surface area contributed by atoms with Crippen molar-refractivity contribution in [2.75, 3.05) is 11.5 Å². The molecule has 0 amide bonds. The molecule has 1 atom stereocenters. The molecular formula is C9H17NO4S. The average Bonchev–Trinajstić information content (AvgIpc) is 2.15. The van der Waals surface area contributed by atoms with Gasteiger partial charge in [-0.2, -0.15) is 11.8 Å². The molecule has 0 bridgehead atoms. The second-order valence-electron chi connectivity index (χ2n) is 3.22. The highest BCUT2D eigenvalue weighted by Gasteiger charge is 2.10. The van der Waals surface area contributed by atoms with E-state index in [-0.39, 0.29) is 6.42 Å². The van der Waals surface area contributed by atoms with E-state index >= 15 is 0 Å². The van der Waals surface area contributed by atoms with Crippen LogP contribution in [0, 0.1) is 0 Å². The molecule has 0 radical (unpaired) electrons. The number of unbranched alkanes of at least 4 members (excludes halogenated alkanes) is 2. The van der Waals surface area contributed by atoms with Gasteiger partial charge in [-0.25, -0.2) is 0 Å². The number of thioether (sulfide) groups is 1. The molecule has 0 aliphatic carbocycles. The van der Waals surface area contributed by atoms with Gasteiger partial charge in [0.1, 0.15) is 6.04 Å². The summed E-state index contributed by atoms with van der Waals surface area (Å²) in [6.07, 6.45) is 2.66. The van der Waals surface area contributed by atoms with Crippen molar-refractivity contribution in [2.45, 2.75) is 31.7 Å². The maximum Gasteiger partial charge on any atom is 0.321 e. The standard InChI is InChI=1S/C9H17NO4S/c10-7(9(13)14)6-15-5-3-1-2-4-8(11)12/h7H,1-6,10H2,(H,11,12)(H,13,14)/t7-/m0/s1. The van der Waals surface area contributed by atoms with E-state index in [0.29, 0.717) is 12.2 Å². The number of nitrogens with two attached hydrogens (primary N) is 1. The maximum absolute atomic E-state index is 10.3. The third kappa shape index (κ3) is 9.55. The van der Waals surface area contributed by atoms with E-state index in [0.717, 1.165) is 18.6 Å². The van der Waals surface area contributed by atoms with Crippen molar-refractivity contribution in [3.05, 3.63) is 0 Å². The number of carboxylic acids is 2. The predicted octanol–water partition coefficient (Wildman–Crippen LogP) is 0.776. The minimum Gasteiger partial charge on any atom is -0.481 e. The van der Waals surface area contributed by atoms with Crippen LogP contribution in [0.3, 0.4) is 0 Å². The van der Waals surface area contributed by atoms with Crippen LogP contribution in [0.4, 0.5) is 0 Å². The summed E-state index contributed by atoms with van der Waals surface area (Å²) in [5.41, 5.74) is 5.30. The number of hydrogen-bond acceptors (Lipinski definition) is 4. The lowest BCUT2D eigenvalue weighted by molar-refractivity contribution is -0.138. The molecule has 0 unspecified atom stereocenters. The average molecular weight is 235 g/mol. The summed E-state index contributed by atoms with van der Waals surface area (Å²) in [6.45, 7) is 0. The molecule has 0 saturated carbocycles. The van der Waals surface area contributed by atoms with Crippen LogP contribution in [0.25, 0.3) is 0 Å². The SMILES string of the molecule is N[C@@H](CSCCCCCC(=O)O)C(=O)O. The van der Waals surface area contributed by atoms with Gasteiger partial charge < -0.3 is 15.9 Å². The molecule has 5 nitrogen and oxygen atoms in total. The monoisotopic (exact) mass is 235 g/mol. The lowest BCUT2D eigenvalue weighted by atomic mass is 10.2. The first-order chi connectivity index (χ1) is 7.04. The normalized spacial score (nSPS) is 12.3. The topological polar surface area (TPSA) is 101 Å². The van der Waals surface area contributed by atoms with E-state index in [1.54, 1.807) is 0 Å². The number of carboxylic acid groups (broad SMARTS) is 2. The minimum atomic E-state index is -0.978. The largest absolute Gasteiger partial charge is 0.481 e. The predicted molar refractivity (Wildman–Crippen MR) is 59.0 cm³/mol. The van der Waals surface area contributed by atoms with Crippen molar-refractivity contribution in [1.82, 2.24) is 0 Å². The Bertz CT molecular complexity index is 210. The number of hydrogen-bond donors (Lipinski definition) is 3.